The number of nitrogens with one attached hydrogen (secondary N) is 1. The number of amides is 2. The van der Waals surface area contributed by atoms with Crippen LogP contribution in [0.5, 0.6) is 5.75 Å². The molecule has 2 aromatic rings. The van der Waals surface area contributed by atoms with Crippen LogP contribution < -0.4 is 10.1 Å². The fraction of sp³-hybridized carbons (Fsp3) is 0.440. The highest BCUT2D eigenvalue weighted by Gasteiger charge is 2.29. The molecule has 0 aliphatic rings. The van der Waals surface area contributed by atoms with Gasteiger partial charge in [-0.3, -0.25) is 9.59 Å². The summed E-state index contributed by atoms with van der Waals surface area (Å²) in [4.78, 5) is 27.6. The van der Waals surface area contributed by atoms with Crippen molar-refractivity contribution >= 4 is 35.0 Å². The molecular formula is C25H32Cl2N2O3. The number of aryl methyl sites for hydroxylation is 2. The highest BCUT2D eigenvalue weighted by molar-refractivity contribution is 6.35. The van der Waals surface area contributed by atoms with Crippen molar-refractivity contribution < 1.29 is 14.3 Å². The molecule has 0 aliphatic carbocycles. The Kier molecular flexibility index (Phi) is 8.60. The maximum Gasteiger partial charge on any atom is 0.261 e. The first-order chi connectivity index (χ1) is 14.8. The van der Waals surface area contributed by atoms with Gasteiger partial charge in [-0.2, -0.15) is 0 Å². The first kappa shape index (κ1) is 26.0. The van der Waals surface area contributed by atoms with Crippen molar-refractivity contribution in [2.24, 2.45) is 0 Å². The molecule has 2 rings (SSSR count). The zero-order valence-electron chi connectivity index (χ0n) is 19.8. The highest BCUT2D eigenvalue weighted by Crippen LogP contribution is 2.25. The minimum atomic E-state index is -0.725. The van der Waals surface area contributed by atoms with Gasteiger partial charge in [0.15, 0.2) is 6.61 Å². The number of nitrogens with zero attached hydrogens (tertiary/aromatic N) is 1. The average molecular weight is 479 g/mol. The Balaban J connectivity index is 2.28. The Morgan fingerprint density at radius 3 is 2.34 bits per heavy atom. The lowest BCUT2D eigenvalue weighted by Crippen LogP contribution is -2.53. The van der Waals surface area contributed by atoms with E-state index in [0.717, 1.165) is 16.7 Å². The molecule has 0 spiro atoms. The van der Waals surface area contributed by atoms with Gasteiger partial charge < -0.3 is 15.0 Å². The van der Waals surface area contributed by atoms with E-state index in [1.807, 2.05) is 47.6 Å². The molecule has 0 bridgehead atoms. The summed E-state index contributed by atoms with van der Waals surface area (Å²) in [5.41, 5.74) is 3.40. The molecule has 174 valence electrons. The maximum absolute atomic E-state index is 13.2. The summed E-state index contributed by atoms with van der Waals surface area (Å²) in [6, 6.07) is 8.34. The third-order valence-corrected chi connectivity index (χ3v) is 5.72. The van der Waals surface area contributed by atoms with E-state index in [1.54, 1.807) is 25.1 Å². The first-order valence-electron chi connectivity index (χ1n) is 10.5. The Morgan fingerprint density at radius 1 is 1.09 bits per heavy atom. The lowest BCUT2D eigenvalue weighted by atomic mass is 10.1. The molecular weight excluding hydrogens is 447 g/mol. The fourth-order valence-electron chi connectivity index (χ4n) is 3.26. The molecule has 0 aliphatic heterocycles. The first-order valence-corrected chi connectivity index (χ1v) is 11.3. The highest BCUT2D eigenvalue weighted by atomic mass is 35.5. The van der Waals surface area contributed by atoms with Crippen molar-refractivity contribution in [3.63, 3.8) is 0 Å². The second-order valence-electron chi connectivity index (χ2n) is 9.17. The number of ether oxygens (including phenoxy) is 1. The average Bonchev–Trinajstić information content (AvgIpc) is 2.67. The molecule has 0 aromatic heterocycles. The summed E-state index contributed by atoms with van der Waals surface area (Å²) in [5.74, 6) is 0.0942. The number of hydrogen-bond donors (Lipinski definition) is 1. The van der Waals surface area contributed by atoms with Crippen LogP contribution in [0.25, 0.3) is 0 Å². The predicted octanol–water partition coefficient (Wildman–Crippen LogP) is 5.63. The van der Waals surface area contributed by atoms with Crippen LogP contribution in [0.1, 0.15) is 49.9 Å². The summed E-state index contributed by atoms with van der Waals surface area (Å²) < 4.78 is 5.88. The fourth-order valence-corrected chi connectivity index (χ4v) is 3.73. The van der Waals surface area contributed by atoms with Crippen LogP contribution in [-0.2, 0) is 16.1 Å². The molecule has 0 saturated heterocycles. The molecule has 32 heavy (non-hydrogen) atoms. The quantitative estimate of drug-likeness (QED) is 0.560. The summed E-state index contributed by atoms with van der Waals surface area (Å²) in [6.07, 6.45) is 0. The predicted molar refractivity (Wildman–Crippen MR) is 131 cm³/mol. The van der Waals surface area contributed by atoms with Crippen molar-refractivity contribution in [1.29, 1.82) is 0 Å². The monoisotopic (exact) mass is 478 g/mol. The van der Waals surface area contributed by atoms with Crippen LogP contribution in [0.15, 0.2) is 30.3 Å². The number of hydrogen-bond acceptors (Lipinski definition) is 3. The van der Waals surface area contributed by atoms with E-state index >= 15 is 0 Å². The zero-order valence-corrected chi connectivity index (χ0v) is 21.3. The number of carbonyl (C=O) groups excluding carboxylic acids is 2. The van der Waals surface area contributed by atoms with Crippen molar-refractivity contribution in [2.75, 3.05) is 6.61 Å². The Hall–Kier alpha value is -2.24. The topological polar surface area (TPSA) is 58.6 Å². The van der Waals surface area contributed by atoms with E-state index < -0.39 is 11.6 Å². The summed E-state index contributed by atoms with van der Waals surface area (Å²) in [5, 5.41) is 3.87. The van der Waals surface area contributed by atoms with Crippen LogP contribution in [0.3, 0.4) is 0 Å². The zero-order chi connectivity index (χ0) is 24.2. The molecule has 0 fully saturated rings. The smallest absolute Gasteiger partial charge is 0.261 e. The second kappa shape index (κ2) is 10.6. The van der Waals surface area contributed by atoms with Crippen molar-refractivity contribution in [2.45, 2.75) is 66.6 Å². The number of carbonyl (C=O) groups is 2. The Bertz CT molecular complexity index is 999. The normalized spacial score (nSPS) is 12.3. The molecule has 1 N–H and O–H groups in total. The second-order valence-corrected chi connectivity index (χ2v) is 10.0. The van der Waals surface area contributed by atoms with Gasteiger partial charge in [0.05, 0.1) is 0 Å². The number of rotatable bonds is 7. The minimum Gasteiger partial charge on any atom is -0.483 e. The van der Waals surface area contributed by atoms with Crippen molar-refractivity contribution in [3.8, 4) is 5.75 Å². The molecule has 2 aromatic carbocycles. The summed E-state index contributed by atoms with van der Waals surface area (Å²) >= 11 is 12.4. The van der Waals surface area contributed by atoms with Gasteiger partial charge in [0.25, 0.3) is 5.91 Å². The lowest BCUT2D eigenvalue weighted by molar-refractivity contribution is -0.142. The van der Waals surface area contributed by atoms with Gasteiger partial charge in [0.1, 0.15) is 11.8 Å². The van der Waals surface area contributed by atoms with E-state index in [2.05, 4.69) is 11.4 Å². The van der Waals surface area contributed by atoms with Gasteiger partial charge in [-0.05, 0) is 88.9 Å². The van der Waals surface area contributed by atoms with Crippen LogP contribution >= 0.6 is 23.2 Å². The van der Waals surface area contributed by atoms with E-state index in [9.17, 15) is 9.59 Å². The molecule has 2 amide bonds. The maximum atomic E-state index is 13.2. The van der Waals surface area contributed by atoms with Crippen molar-refractivity contribution in [1.82, 2.24) is 10.2 Å². The van der Waals surface area contributed by atoms with Crippen LogP contribution in [-0.4, -0.2) is 34.9 Å². The third kappa shape index (κ3) is 7.14. The SMILES string of the molecule is Cc1cc(C)c(C)c(OCC(=O)N(Cc2ccc(Cl)cc2Cl)C(C)C(=O)NC(C)(C)C)c1. The van der Waals surface area contributed by atoms with Gasteiger partial charge in [-0.1, -0.05) is 35.3 Å². The largest absolute Gasteiger partial charge is 0.483 e. The number of halogens is 2. The standard InChI is InChI=1S/C25H32Cl2N2O3/c1-15-10-16(2)17(3)22(11-15)32-14-23(30)29(18(4)24(31)28-25(5,6)7)13-19-8-9-20(26)12-21(19)27/h8-12,18H,13-14H2,1-7H3,(H,28,31). The van der Waals surface area contributed by atoms with Gasteiger partial charge >= 0.3 is 0 Å². The van der Waals surface area contributed by atoms with Gasteiger partial charge in [0.2, 0.25) is 5.91 Å². The van der Waals surface area contributed by atoms with Crippen LogP contribution in [0.4, 0.5) is 0 Å². The van der Waals surface area contributed by atoms with Crippen LogP contribution in [0, 0.1) is 20.8 Å². The molecule has 7 heteroatoms. The molecule has 0 heterocycles. The third-order valence-electron chi connectivity index (χ3n) is 5.14. The van der Waals surface area contributed by atoms with E-state index in [4.69, 9.17) is 27.9 Å². The minimum absolute atomic E-state index is 0.156. The molecule has 1 atom stereocenters. The Labute approximate surface area is 201 Å². The molecule has 0 radical (unpaired) electrons. The van der Waals surface area contributed by atoms with Crippen LogP contribution in [0.2, 0.25) is 10.0 Å². The van der Waals surface area contributed by atoms with Gasteiger partial charge in [-0.25, -0.2) is 0 Å². The Morgan fingerprint density at radius 2 is 1.75 bits per heavy atom. The van der Waals surface area contributed by atoms with Gasteiger partial charge in [-0.15, -0.1) is 0 Å². The molecule has 5 nitrogen and oxygen atoms in total. The summed E-state index contributed by atoms with van der Waals surface area (Å²) in [6.45, 7) is 13.3. The molecule has 1 unspecified atom stereocenters. The van der Waals surface area contributed by atoms with E-state index in [1.165, 1.54) is 4.90 Å². The molecule has 0 saturated carbocycles. The van der Waals surface area contributed by atoms with Crippen molar-refractivity contribution in [3.05, 3.63) is 62.6 Å². The van der Waals surface area contributed by atoms with E-state index in [-0.39, 0.29) is 25.0 Å². The summed E-state index contributed by atoms with van der Waals surface area (Å²) in [7, 11) is 0. The number of benzene rings is 2. The lowest BCUT2D eigenvalue weighted by Gasteiger charge is -2.31. The van der Waals surface area contributed by atoms with E-state index in [0.29, 0.717) is 21.4 Å². The van der Waals surface area contributed by atoms with Gasteiger partial charge in [0, 0.05) is 22.1 Å².